The highest BCUT2D eigenvalue weighted by Crippen LogP contribution is 2.29. The molecule has 0 aliphatic heterocycles. The van der Waals surface area contributed by atoms with Crippen molar-refractivity contribution in [2.24, 2.45) is 0 Å². The van der Waals surface area contributed by atoms with E-state index in [0.29, 0.717) is 17.0 Å². The highest BCUT2D eigenvalue weighted by molar-refractivity contribution is 7.92. The van der Waals surface area contributed by atoms with Crippen LogP contribution in [0.2, 0.25) is 0 Å². The van der Waals surface area contributed by atoms with E-state index in [1.54, 1.807) is 32.0 Å². The Morgan fingerprint density at radius 3 is 2.39 bits per heavy atom. The van der Waals surface area contributed by atoms with E-state index in [4.69, 9.17) is 4.74 Å². The number of sulfonamides is 1. The lowest BCUT2D eigenvalue weighted by atomic mass is 10.2. The second kappa shape index (κ2) is 6.45. The van der Waals surface area contributed by atoms with Crippen LogP contribution in [0.5, 0.6) is 5.75 Å². The molecule has 0 unspecified atom stereocenters. The van der Waals surface area contributed by atoms with E-state index in [-0.39, 0.29) is 10.6 Å². The summed E-state index contributed by atoms with van der Waals surface area (Å²) < 4.78 is 46.1. The zero-order valence-corrected chi connectivity index (χ0v) is 14.2. The van der Waals surface area contributed by atoms with E-state index in [0.717, 1.165) is 6.07 Å². The minimum Gasteiger partial charge on any atom is -0.496 e. The monoisotopic (exact) mass is 338 g/mol. The fourth-order valence-corrected chi connectivity index (χ4v) is 3.35. The fraction of sp³-hybridized carbons (Fsp3) is 0.250. The molecular weight excluding hydrogens is 319 g/mol. The van der Waals surface area contributed by atoms with Crippen LogP contribution in [0.3, 0.4) is 0 Å². The molecule has 0 heterocycles. The summed E-state index contributed by atoms with van der Waals surface area (Å²) in [5.74, 6) is 0.0860. The standard InChI is InChI=1S/C16H19FN2O3S/c1-11-9-13(6-8-16(11)22-4)23(20,21)18-14-10-12(17)5-7-15(14)19(2)3/h5-10,18H,1-4H3. The summed E-state index contributed by atoms with van der Waals surface area (Å²) in [6.45, 7) is 1.76. The molecule has 0 bridgehead atoms. The predicted octanol–water partition coefficient (Wildman–Crippen LogP) is 3.01. The molecule has 0 spiro atoms. The minimum absolute atomic E-state index is 0.0877. The Bertz CT molecular complexity index is 820. The summed E-state index contributed by atoms with van der Waals surface area (Å²) in [6, 6.07) is 8.50. The van der Waals surface area contributed by atoms with Gasteiger partial charge in [-0.1, -0.05) is 0 Å². The summed E-state index contributed by atoms with van der Waals surface area (Å²) in [4.78, 5) is 1.79. The number of anilines is 2. The quantitative estimate of drug-likeness (QED) is 0.910. The molecule has 0 saturated heterocycles. The highest BCUT2D eigenvalue weighted by Gasteiger charge is 2.18. The van der Waals surface area contributed by atoms with E-state index in [2.05, 4.69) is 4.72 Å². The molecule has 124 valence electrons. The van der Waals surface area contributed by atoms with Crippen LogP contribution in [0.4, 0.5) is 15.8 Å². The summed E-state index contributed by atoms with van der Waals surface area (Å²) in [6.07, 6.45) is 0. The van der Waals surface area contributed by atoms with Crippen LogP contribution >= 0.6 is 0 Å². The highest BCUT2D eigenvalue weighted by atomic mass is 32.2. The second-order valence-corrected chi connectivity index (χ2v) is 6.98. The zero-order valence-electron chi connectivity index (χ0n) is 13.4. The van der Waals surface area contributed by atoms with Crippen LogP contribution in [-0.4, -0.2) is 29.6 Å². The number of hydrogen-bond donors (Lipinski definition) is 1. The van der Waals surface area contributed by atoms with Crippen molar-refractivity contribution in [3.05, 3.63) is 47.8 Å². The molecule has 0 aromatic heterocycles. The van der Waals surface area contributed by atoms with Crippen molar-refractivity contribution in [2.75, 3.05) is 30.8 Å². The van der Waals surface area contributed by atoms with E-state index < -0.39 is 15.8 Å². The number of ether oxygens (including phenoxy) is 1. The Morgan fingerprint density at radius 1 is 1.13 bits per heavy atom. The van der Waals surface area contributed by atoms with Gasteiger partial charge < -0.3 is 9.64 Å². The SMILES string of the molecule is COc1ccc(S(=O)(=O)Nc2cc(F)ccc2N(C)C)cc1C. The van der Waals surface area contributed by atoms with E-state index >= 15 is 0 Å². The number of methoxy groups -OCH3 is 1. The van der Waals surface area contributed by atoms with Crippen molar-refractivity contribution in [1.82, 2.24) is 0 Å². The third kappa shape index (κ3) is 3.73. The van der Waals surface area contributed by atoms with E-state index in [9.17, 15) is 12.8 Å². The summed E-state index contributed by atoms with van der Waals surface area (Å²) in [5, 5.41) is 0. The maximum Gasteiger partial charge on any atom is 0.261 e. The van der Waals surface area contributed by atoms with Gasteiger partial charge in [0.05, 0.1) is 23.4 Å². The average Bonchev–Trinajstić information content (AvgIpc) is 2.46. The molecule has 0 fully saturated rings. The van der Waals surface area contributed by atoms with Crippen molar-refractivity contribution in [3.63, 3.8) is 0 Å². The molecule has 2 aromatic carbocycles. The van der Waals surface area contributed by atoms with Gasteiger partial charge >= 0.3 is 0 Å². The lowest BCUT2D eigenvalue weighted by Gasteiger charge is -2.19. The van der Waals surface area contributed by atoms with Crippen molar-refractivity contribution in [2.45, 2.75) is 11.8 Å². The van der Waals surface area contributed by atoms with Gasteiger partial charge in [-0.25, -0.2) is 12.8 Å². The van der Waals surface area contributed by atoms with Crippen LogP contribution < -0.4 is 14.4 Å². The molecule has 0 aliphatic rings. The van der Waals surface area contributed by atoms with Crippen molar-refractivity contribution in [1.29, 1.82) is 0 Å². The molecule has 7 heteroatoms. The van der Waals surface area contributed by atoms with Crippen molar-refractivity contribution >= 4 is 21.4 Å². The number of hydrogen-bond acceptors (Lipinski definition) is 4. The molecule has 0 amide bonds. The Balaban J connectivity index is 2.43. The van der Waals surface area contributed by atoms with Crippen LogP contribution in [-0.2, 0) is 10.0 Å². The summed E-state index contributed by atoms with van der Waals surface area (Å²) in [7, 11) is 1.19. The molecule has 2 aromatic rings. The third-order valence-corrected chi connectivity index (χ3v) is 4.72. The molecule has 5 nitrogen and oxygen atoms in total. The first-order valence-electron chi connectivity index (χ1n) is 6.89. The smallest absolute Gasteiger partial charge is 0.261 e. The first-order chi connectivity index (χ1) is 10.7. The molecule has 0 aliphatic carbocycles. The number of nitrogens with zero attached hydrogens (tertiary/aromatic N) is 1. The van der Waals surface area contributed by atoms with Gasteiger partial charge in [0.15, 0.2) is 0 Å². The van der Waals surface area contributed by atoms with E-state index in [1.807, 2.05) is 0 Å². The van der Waals surface area contributed by atoms with Crippen LogP contribution in [0.1, 0.15) is 5.56 Å². The van der Waals surface area contributed by atoms with Gasteiger partial charge in [0, 0.05) is 20.2 Å². The van der Waals surface area contributed by atoms with Gasteiger partial charge in [-0.2, -0.15) is 0 Å². The van der Waals surface area contributed by atoms with Gasteiger partial charge in [-0.05, 0) is 42.8 Å². The average molecular weight is 338 g/mol. The molecule has 2 rings (SSSR count). The van der Waals surface area contributed by atoms with E-state index in [1.165, 1.54) is 31.4 Å². The van der Waals surface area contributed by atoms with Gasteiger partial charge in [0.2, 0.25) is 0 Å². The van der Waals surface area contributed by atoms with Crippen LogP contribution in [0.15, 0.2) is 41.3 Å². The topological polar surface area (TPSA) is 58.6 Å². The number of nitrogens with one attached hydrogen (secondary N) is 1. The molecule has 0 saturated carbocycles. The van der Waals surface area contributed by atoms with Crippen LogP contribution in [0, 0.1) is 12.7 Å². The Morgan fingerprint density at radius 2 is 1.83 bits per heavy atom. The second-order valence-electron chi connectivity index (χ2n) is 5.29. The molecule has 0 atom stereocenters. The number of halogens is 1. The summed E-state index contributed by atoms with van der Waals surface area (Å²) >= 11 is 0. The van der Waals surface area contributed by atoms with Gasteiger partial charge in [-0.15, -0.1) is 0 Å². The summed E-state index contributed by atoms with van der Waals surface area (Å²) in [5.41, 5.74) is 1.45. The maximum atomic E-state index is 13.5. The molecule has 23 heavy (non-hydrogen) atoms. The first kappa shape index (κ1) is 17.1. The Kier molecular flexibility index (Phi) is 4.79. The van der Waals surface area contributed by atoms with Crippen molar-refractivity contribution < 1.29 is 17.5 Å². The van der Waals surface area contributed by atoms with Gasteiger partial charge in [-0.3, -0.25) is 4.72 Å². The third-order valence-electron chi connectivity index (χ3n) is 3.36. The number of rotatable bonds is 5. The molecular formula is C16H19FN2O3S. The molecule has 1 N–H and O–H groups in total. The lowest BCUT2D eigenvalue weighted by Crippen LogP contribution is -2.17. The zero-order chi connectivity index (χ0) is 17.2. The Hall–Kier alpha value is -2.28. The van der Waals surface area contributed by atoms with Crippen molar-refractivity contribution in [3.8, 4) is 5.75 Å². The van der Waals surface area contributed by atoms with Crippen LogP contribution in [0.25, 0.3) is 0 Å². The maximum absolute atomic E-state index is 13.5. The molecule has 0 radical (unpaired) electrons. The number of aryl methyl sites for hydroxylation is 1. The van der Waals surface area contributed by atoms with Gasteiger partial charge in [0.25, 0.3) is 10.0 Å². The van der Waals surface area contributed by atoms with Gasteiger partial charge in [0.1, 0.15) is 11.6 Å². The minimum atomic E-state index is -3.83. The lowest BCUT2D eigenvalue weighted by molar-refractivity contribution is 0.411. The normalized spacial score (nSPS) is 11.2. The number of benzene rings is 2. The fourth-order valence-electron chi connectivity index (χ4n) is 2.20. The predicted molar refractivity (Wildman–Crippen MR) is 89.3 cm³/mol. The Labute approximate surface area is 135 Å². The largest absolute Gasteiger partial charge is 0.496 e. The first-order valence-corrected chi connectivity index (χ1v) is 8.37.